The summed E-state index contributed by atoms with van der Waals surface area (Å²) in [5, 5.41) is 18.3. The van der Waals surface area contributed by atoms with Gasteiger partial charge in [0.05, 0.1) is 17.1 Å². The smallest absolute Gasteiger partial charge is 0.100 e. The number of aliphatic hydroxyl groups excluding tert-OH is 1. The number of aromatic nitrogens is 4. The first-order valence-corrected chi connectivity index (χ1v) is 10.2. The Hall–Kier alpha value is -2.96. The van der Waals surface area contributed by atoms with E-state index < -0.39 is 0 Å². The standard InChI is InChI=1S/C23H25N5O/c29-23-13-18(15-27-11-3-10-26-27)12-21(23)24-14-17-6-8-19(9-7-17)28-16-25-20-4-1-2-5-22(20)28/h1-11,16,18,21,23-24,29H,12-15H2/t18?,21-,23-/m1/s1. The van der Waals surface area contributed by atoms with Crippen LogP contribution in [0.5, 0.6) is 0 Å². The van der Waals surface area contributed by atoms with Crippen LogP contribution in [0.2, 0.25) is 0 Å². The molecule has 29 heavy (non-hydrogen) atoms. The normalized spacial score (nSPS) is 21.8. The van der Waals surface area contributed by atoms with Crippen LogP contribution in [0, 0.1) is 5.92 Å². The highest BCUT2D eigenvalue weighted by molar-refractivity contribution is 5.77. The van der Waals surface area contributed by atoms with E-state index in [0.717, 1.165) is 42.7 Å². The lowest BCUT2D eigenvalue weighted by Gasteiger charge is -2.16. The molecular formula is C23H25N5O. The summed E-state index contributed by atoms with van der Waals surface area (Å²) in [5.74, 6) is 0.458. The molecule has 6 nitrogen and oxygen atoms in total. The monoisotopic (exact) mass is 387 g/mol. The zero-order chi connectivity index (χ0) is 19.6. The van der Waals surface area contributed by atoms with E-state index in [1.54, 1.807) is 6.20 Å². The number of hydrogen-bond donors (Lipinski definition) is 2. The number of aliphatic hydroxyl groups is 1. The van der Waals surface area contributed by atoms with Gasteiger partial charge in [0, 0.05) is 37.2 Å². The first kappa shape index (κ1) is 18.1. The maximum atomic E-state index is 10.4. The predicted octanol–water partition coefficient (Wildman–Crippen LogP) is 3.15. The SMILES string of the molecule is O[C@@H]1CC(Cn2cccn2)C[C@H]1NCc1ccc(-n2cnc3ccccc32)cc1. The van der Waals surface area contributed by atoms with E-state index in [4.69, 9.17) is 0 Å². The maximum Gasteiger partial charge on any atom is 0.100 e. The Morgan fingerprint density at radius 1 is 1.03 bits per heavy atom. The maximum absolute atomic E-state index is 10.4. The minimum absolute atomic E-state index is 0.132. The molecule has 0 aliphatic heterocycles. The summed E-state index contributed by atoms with van der Waals surface area (Å²) < 4.78 is 4.06. The van der Waals surface area contributed by atoms with Gasteiger partial charge < -0.3 is 10.4 Å². The molecule has 0 amide bonds. The van der Waals surface area contributed by atoms with E-state index in [9.17, 15) is 5.11 Å². The van der Waals surface area contributed by atoms with Gasteiger partial charge in [-0.2, -0.15) is 5.10 Å². The number of imidazole rings is 1. The highest BCUT2D eigenvalue weighted by Crippen LogP contribution is 2.28. The Morgan fingerprint density at radius 2 is 1.90 bits per heavy atom. The van der Waals surface area contributed by atoms with E-state index in [1.165, 1.54) is 5.56 Å². The van der Waals surface area contributed by atoms with Gasteiger partial charge in [-0.25, -0.2) is 4.98 Å². The highest BCUT2D eigenvalue weighted by Gasteiger charge is 2.32. The number of para-hydroxylation sites is 2. The summed E-state index contributed by atoms with van der Waals surface area (Å²) in [6, 6.07) is 18.7. The van der Waals surface area contributed by atoms with Crippen LogP contribution in [-0.2, 0) is 13.1 Å². The number of hydrogen-bond acceptors (Lipinski definition) is 4. The molecule has 2 aromatic heterocycles. The van der Waals surface area contributed by atoms with Crippen molar-refractivity contribution in [3.63, 3.8) is 0 Å². The molecule has 4 aromatic rings. The quantitative estimate of drug-likeness (QED) is 0.533. The van der Waals surface area contributed by atoms with E-state index in [2.05, 4.69) is 50.3 Å². The van der Waals surface area contributed by atoms with Crippen molar-refractivity contribution in [3.05, 3.63) is 78.9 Å². The van der Waals surface area contributed by atoms with Crippen molar-refractivity contribution in [1.29, 1.82) is 0 Å². The molecule has 0 bridgehead atoms. The zero-order valence-electron chi connectivity index (χ0n) is 16.2. The average Bonchev–Trinajstić information content (AvgIpc) is 3.48. The molecule has 0 radical (unpaired) electrons. The molecule has 1 saturated carbocycles. The molecule has 5 rings (SSSR count). The second-order valence-corrected chi connectivity index (χ2v) is 7.89. The Balaban J connectivity index is 1.20. The number of nitrogens with one attached hydrogen (secondary N) is 1. The topological polar surface area (TPSA) is 67.9 Å². The van der Waals surface area contributed by atoms with Gasteiger partial charge in [0.1, 0.15) is 6.33 Å². The number of benzene rings is 2. The molecule has 1 unspecified atom stereocenters. The first-order chi connectivity index (χ1) is 14.3. The summed E-state index contributed by atoms with van der Waals surface area (Å²) in [5.41, 5.74) is 4.41. The largest absolute Gasteiger partial charge is 0.391 e. The van der Waals surface area contributed by atoms with Gasteiger partial charge in [-0.15, -0.1) is 0 Å². The van der Waals surface area contributed by atoms with Crippen molar-refractivity contribution in [3.8, 4) is 5.69 Å². The molecule has 2 N–H and O–H groups in total. The molecule has 3 atom stereocenters. The Kier molecular flexibility index (Phi) is 4.87. The molecule has 1 aliphatic carbocycles. The van der Waals surface area contributed by atoms with Crippen LogP contribution in [0.4, 0.5) is 0 Å². The zero-order valence-corrected chi connectivity index (χ0v) is 16.2. The van der Waals surface area contributed by atoms with Crippen LogP contribution in [-0.4, -0.2) is 36.6 Å². The van der Waals surface area contributed by atoms with Gasteiger partial charge in [-0.3, -0.25) is 9.25 Å². The van der Waals surface area contributed by atoms with Gasteiger partial charge >= 0.3 is 0 Å². The fraction of sp³-hybridized carbons (Fsp3) is 0.304. The van der Waals surface area contributed by atoms with Crippen LogP contribution in [0.3, 0.4) is 0 Å². The third kappa shape index (κ3) is 3.81. The Labute approximate surface area is 169 Å². The number of fused-ring (bicyclic) bond motifs is 1. The van der Waals surface area contributed by atoms with Crippen LogP contribution < -0.4 is 5.32 Å². The number of nitrogens with zero attached hydrogens (tertiary/aromatic N) is 4. The van der Waals surface area contributed by atoms with Gasteiger partial charge in [-0.05, 0) is 54.7 Å². The molecule has 148 valence electrons. The Bertz CT molecular complexity index is 1070. The first-order valence-electron chi connectivity index (χ1n) is 10.2. The minimum atomic E-state index is -0.299. The second kappa shape index (κ2) is 7.81. The van der Waals surface area contributed by atoms with Gasteiger partial charge in [0.15, 0.2) is 0 Å². The van der Waals surface area contributed by atoms with E-state index >= 15 is 0 Å². The van der Waals surface area contributed by atoms with Gasteiger partial charge in [0.25, 0.3) is 0 Å². The highest BCUT2D eigenvalue weighted by atomic mass is 16.3. The fourth-order valence-corrected chi connectivity index (χ4v) is 4.35. The lowest BCUT2D eigenvalue weighted by atomic mass is 10.1. The van der Waals surface area contributed by atoms with Crippen molar-refractivity contribution in [2.24, 2.45) is 5.92 Å². The molecule has 2 heterocycles. The van der Waals surface area contributed by atoms with Crippen molar-refractivity contribution in [2.75, 3.05) is 0 Å². The third-order valence-corrected chi connectivity index (χ3v) is 5.87. The summed E-state index contributed by atoms with van der Waals surface area (Å²) in [6.45, 7) is 1.62. The fourth-order valence-electron chi connectivity index (χ4n) is 4.35. The molecular weight excluding hydrogens is 362 g/mol. The summed E-state index contributed by atoms with van der Waals surface area (Å²) in [7, 11) is 0. The van der Waals surface area contributed by atoms with Crippen molar-refractivity contribution >= 4 is 11.0 Å². The van der Waals surface area contributed by atoms with Crippen LogP contribution >= 0.6 is 0 Å². The van der Waals surface area contributed by atoms with E-state index in [-0.39, 0.29) is 12.1 Å². The number of rotatable bonds is 6. The molecule has 2 aromatic carbocycles. The van der Waals surface area contributed by atoms with Crippen molar-refractivity contribution in [1.82, 2.24) is 24.6 Å². The van der Waals surface area contributed by atoms with Crippen LogP contribution in [0.25, 0.3) is 16.7 Å². The summed E-state index contributed by atoms with van der Waals surface area (Å²) in [4.78, 5) is 4.46. The second-order valence-electron chi connectivity index (χ2n) is 7.89. The summed E-state index contributed by atoms with van der Waals surface area (Å²) in [6.07, 6.45) is 7.15. The molecule has 1 fully saturated rings. The van der Waals surface area contributed by atoms with Crippen molar-refractivity contribution < 1.29 is 5.11 Å². The Morgan fingerprint density at radius 3 is 2.72 bits per heavy atom. The molecule has 0 saturated heterocycles. The van der Waals surface area contributed by atoms with E-state index in [1.807, 2.05) is 41.5 Å². The van der Waals surface area contributed by atoms with Crippen LogP contribution in [0.15, 0.2) is 73.3 Å². The lowest BCUT2D eigenvalue weighted by molar-refractivity contribution is 0.145. The van der Waals surface area contributed by atoms with E-state index in [0.29, 0.717) is 5.92 Å². The van der Waals surface area contributed by atoms with Gasteiger partial charge in [0.2, 0.25) is 0 Å². The average molecular weight is 387 g/mol. The minimum Gasteiger partial charge on any atom is -0.391 e. The van der Waals surface area contributed by atoms with Crippen LogP contribution in [0.1, 0.15) is 18.4 Å². The predicted molar refractivity (Wildman–Crippen MR) is 113 cm³/mol. The van der Waals surface area contributed by atoms with Crippen molar-refractivity contribution in [2.45, 2.75) is 38.1 Å². The molecule has 1 aliphatic rings. The lowest BCUT2D eigenvalue weighted by Crippen LogP contribution is -2.35. The third-order valence-electron chi connectivity index (χ3n) is 5.87. The summed E-state index contributed by atoms with van der Waals surface area (Å²) >= 11 is 0. The molecule has 0 spiro atoms. The van der Waals surface area contributed by atoms with Gasteiger partial charge in [-0.1, -0.05) is 24.3 Å². The molecule has 6 heteroatoms.